The number of anilines is 1. The lowest BCUT2D eigenvalue weighted by Crippen LogP contribution is -2.30. The van der Waals surface area contributed by atoms with Gasteiger partial charge in [-0.05, 0) is 59.3 Å². The second-order valence-corrected chi connectivity index (χ2v) is 7.06. The van der Waals surface area contributed by atoms with Crippen LogP contribution in [0.2, 0.25) is 10.0 Å². The molecule has 2 aromatic carbocycles. The number of carbonyl (C=O) groups excluding carboxylic acids is 1. The van der Waals surface area contributed by atoms with Crippen LogP contribution in [0.25, 0.3) is 0 Å². The first-order valence-electron chi connectivity index (χ1n) is 6.24. The first kappa shape index (κ1) is 17.6. The summed E-state index contributed by atoms with van der Waals surface area (Å²) < 4.78 is 7.31. The lowest BCUT2D eigenvalue weighted by Gasteiger charge is -2.16. The van der Waals surface area contributed by atoms with Crippen LogP contribution < -0.4 is 10.1 Å². The van der Waals surface area contributed by atoms with Crippen LogP contribution in [-0.2, 0) is 4.79 Å². The molecule has 0 unspecified atom stereocenters. The van der Waals surface area contributed by atoms with Gasteiger partial charge in [0.1, 0.15) is 5.75 Å². The number of amides is 1. The molecule has 0 bridgehead atoms. The molecule has 2 aromatic rings. The maximum atomic E-state index is 12.2. The average molecular weight is 468 g/mol. The number of ether oxygens (including phenoxy) is 1. The van der Waals surface area contributed by atoms with Crippen molar-refractivity contribution in [2.75, 3.05) is 5.32 Å². The van der Waals surface area contributed by atoms with Crippen molar-refractivity contribution in [3.8, 4) is 5.75 Å². The standard InChI is InChI=1S/C15H11Br2Cl2NO2/c1-8(22-14-5-2-9(16)6-11(14)17)15(21)20-13-7-10(18)3-4-12(13)19/h2-8H,1H3,(H,20,21)/t8-/m0/s1. The molecule has 3 nitrogen and oxygen atoms in total. The summed E-state index contributed by atoms with van der Waals surface area (Å²) in [6.07, 6.45) is -0.701. The van der Waals surface area contributed by atoms with Gasteiger partial charge in [0.15, 0.2) is 6.10 Å². The van der Waals surface area contributed by atoms with Crippen LogP contribution in [0, 0.1) is 0 Å². The minimum atomic E-state index is -0.701. The molecule has 0 spiro atoms. The number of benzene rings is 2. The summed E-state index contributed by atoms with van der Waals surface area (Å²) in [5.41, 5.74) is 0.449. The fraction of sp³-hybridized carbons (Fsp3) is 0.133. The first-order chi connectivity index (χ1) is 10.4. The highest BCUT2D eigenvalue weighted by atomic mass is 79.9. The lowest BCUT2D eigenvalue weighted by molar-refractivity contribution is -0.122. The van der Waals surface area contributed by atoms with Crippen molar-refractivity contribution in [2.45, 2.75) is 13.0 Å². The zero-order valence-electron chi connectivity index (χ0n) is 11.4. The highest BCUT2D eigenvalue weighted by Crippen LogP contribution is 2.29. The summed E-state index contributed by atoms with van der Waals surface area (Å²) in [4.78, 5) is 12.2. The Labute approximate surface area is 155 Å². The Hall–Kier alpha value is -0.750. The van der Waals surface area contributed by atoms with E-state index in [0.717, 1.165) is 8.95 Å². The second-order valence-electron chi connectivity index (χ2n) is 4.45. The lowest BCUT2D eigenvalue weighted by atomic mass is 10.3. The summed E-state index contributed by atoms with van der Waals surface area (Å²) in [6.45, 7) is 1.66. The zero-order valence-corrected chi connectivity index (χ0v) is 16.1. The third-order valence-corrected chi connectivity index (χ3v) is 4.43. The molecule has 2 rings (SSSR count). The molecule has 0 fully saturated rings. The molecule has 0 aliphatic carbocycles. The largest absolute Gasteiger partial charge is 0.480 e. The summed E-state index contributed by atoms with van der Waals surface area (Å²) in [6, 6.07) is 10.3. The van der Waals surface area contributed by atoms with Crippen LogP contribution in [-0.4, -0.2) is 12.0 Å². The Balaban J connectivity index is 2.07. The third kappa shape index (κ3) is 4.62. The minimum Gasteiger partial charge on any atom is -0.480 e. The second kappa shape index (κ2) is 7.68. The first-order valence-corrected chi connectivity index (χ1v) is 8.58. The Morgan fingerprint density at radius 3 is 2.59 bits per heavy atom. The van der Waals surface area contributed by atoms with Crippen molar-refractivity contribution in [2.24, 2.45) is 0 Å². The van der Waals surface area contributed by atoms with E-state index < -0.39 is 6.10 Å². The van der Waals surface area contributed by atoms with Gasteiger partial charge in [-0.3, -0.25) is 4.79 Å². The van der Waals surface area contributed by atoms with E-state index in [-0.39, 0.29) is 5.91 Å². The average Bonchev–Trinajstić information content (AvgIpc) is 2.45. The summed E-state index contributed by atoms with van der Waals surface area (Å²) in [7, 11) is 0. The molecule has 0 aliphatic rings. The molecule has 7 heteroatoms. The van der Waals surface area contributed by atoms with Crippen LogP contribution in [0.1, 0.15) is 6.92 Å². The van der Waals surface area contributed by atoms with Gasteiger partial charge in [0.25, 0.3) is 5.91 Å². The monoisotopic (exact) mass is 465 g/mol. The number of hydrogen-bond acceptors (Lipinski definition) is 2. The molecular formula is C15H11Br2Cl2NO2. The molecule has 0 radical (unpaired) electrons. The van der Waals surface area contributed by atoms with Gasteiger partial charge >= 0.3 is 0 Å². The van der Waals surface area contributed by atoms with Crippen molar-refractivity contribution in [3.05, 3.63) is 55.4 Å². The fourth-order valence-corrected chi connectivity index (χ4v) is 3.12. The number of rotatable bonds is 4. The van der Waals surface area contributed by atoms with Gasteiger partial charge in [-0.25, -0.2) is 0 Å². The van der Waals surface area contributed by atoms with Crippen LogP contribution in [0.3, 0.4) is 0 Å². The topological polar surface area (TPSA) is 38.3 Å². The van der Waals surface area contributed by atoms with E-state index in [9.17, 15) is 4.79 Å². The van der Waals surface area contributed by atoms with Crippen LogP contribution >= 0.6 is 55.1 Å². The van der Waals surface area contributed by atoms with Gasteiger partial charge < -0.3 is 10.1 Å². The smallest absolute Gasteiger partial charge is 0.265 e. The van der Waals surface area contributed by atoms with E-state index in [0.29, 0.717) is 21.5 Å². The van der Waals surface area contributed by atoms with E-state index in [2.05, 4.69) is 37.2 Å². The van der Waals surface area contributed by atoms with E-state index in [1.54, 1.807) is 31.2 Å². The highest BCUT2D eigenvalue weighted by molar-refractivity contribution is 9.11. The molecule has 0 heterocycles. The zero-order chi connectivity index (χ0) is 16.3. The van der Waals surface area contributed by atoms with Gasteiger partial charge in [0, 0.05) is 9.50 Å². The molecule has 0 saturated heterocycles. The third-order valence-electron chi connectivity index (χ3n) is 2.75. The number of nitrogens with one attached hydrogen (secondary N) is 1. The van der Waals surface area contributed by atoms with E-state index >= 15 is 0 Å². The fourth-order valence-electron chi connectivity index (χ4n) is 1.64. The molecule has 1 amide bonds. The summed E-state index contributed by atoms with van der Waals surface area (Å²) >= 11 is 18.7. The molecule has 0 aromatic heterocycles. The van der Waals surface area contributed by atoms with Crippen molar-refractivity contribution in [1.29, 1.82) is 0 Å². The number of carbonyl (C=O) groups is 1. The molecule has 1 N–H and O–H groups in total. The SMILES string of the molecule is C[C@H](Oc1ccc(Br)cc1Br)C(=O)Nc1cc(Cl)ccc1Cl. The maximum absolute atomic E-state index is 12.2. The molecule has 22 heavy (non-hydrogen) atoms. The van der Waals surface area contributed by atoms with Crippen molar-refractivity contribution >= 4 is 66.7 Å². The van der Waals surface area contributed by atoms with Crippen molar-refractivity contribution < 1.29 is 9.53 Å². The van der Waals surface area contributed by atoms with Crippen LogP contribution in [0.4, 0.5) is 5.69 Å². The quantitative estimate of drug-likeness (QED) is 0.605. The molecule has 116 valence electrons. The van der Waals surface area contributed by atoms with Crippen LogP contribution in [0.5, 0.6) is 5.75 Å². The Morgan fingerprint density at radius 2 is 1.91 bits per heavy atom. The molecule has 0 saturated carbocycles. The predicted molar refractivity (Wildman–Crippen MR) is 97.0 cm³/mol. The van der Waals surface area contributed by atoms with Gasteiger partial charge in [-0.15, -0.1) is 0 Å². The van der Waals surface area contributed by atoms with Crippen molar-refractivity contribution in [3.63, 3.8) is 0 Å². The summed E-state index contributed by atoms with van der Waals surface area (Å²) in [5.74, 6) is 0.252. The van der Waals surface area contributed by atoms with Gasteiger partial charge in [-0.1, -0.05) is 39.1 Å². The molecule has 1 atom stereocenters. The maximum Gasteiger partial charge on any atom is 0.265 e. The molecular weight excluding hydrogens is 457 g/mol. The Kier molecular flexibility index (Phi) is 6.15. The normalized spacial score (nSPS) is 11.9. The van der Waals surface area contributed by atoms with Gasteiger partial charge in [-0.2, -0.15) is 0 Å². The molecule has 0 aliphatic heterocycles. The summed E-state index contributed by atoms with van der Waals surface area (Å²) in [5, 5.41) is 3.60. The predicted octanol–water partition coefficient (Wildman–Crippen LogP) is 5.92. The Bertz CT molecular complexity index is 710. The Morgan fingerprint density at radius 1 is 1.18 bits per heavy atom. The van der Waals surface area contributed by atoms with Gasteiger partial charge in [0.05, 0.1) is 15.2 Å². The van der Waals surface area contributed by atoms with E-state index in [1.807, 2.05) is 12.1 Å². The van der Waals surface area contributed by atoms with E-state index in [4.69, 9.17) is 27.9 Å². The number of hydrogen-bond donors (Lipinski definition) is 1. The van der Waals surface area contributed by atoms with E-state index in [1.165, 1.54) is 0 Å². The number of halogens is 4. The van der Waals surface area contributed by atoms with Crippen LogP contribution in [0.15, 0.2) is 45.3 Å². The van der Waals surface area contributed by atoms with Gasteiger partial charge in [0.2, 0.25) is 0 Å². The minimum absolute atomic E-state index is 0.320. The highest BCUT2D eigenvalue weighted by Gasteiger charge is 2.17. The van der Waals surface area contributed by atoms with Crippen molar-refractivity contribution in [1.82, 2.24) is 0 Å².